The Labute approximate surface area is 134 Å². The quantitative estimate of drug-likeness (QED) is 0.661. The molecule has 1 aromatic rings. The van der Waals surface area contributed by atoms with E-state index in [9.17, 15) is 9.59 Å². The first-order valence-corrected chi connectivity index (χ1v) is 7.22. The van der Waals surface area contributed by atoms with Crippen molar-refractivity contribution >= 4 is 23.6 Å². The number of nitrogens with one attached hydrogen (secondary N) is 2. The van der Waals surface area contributed by atoms with Crippen LogP contribution < -0.4 is 10.6 Å². The Kier molecular flexibility index (Phi) is 5.22. The second-order valence-corrected chi connectivity index (χ2v) is 5.23. The van der Waals surface area contributed by atoms with Crippen LogP contribution in [0.15, 0.2) is 47.7 Å². The molecular formula is C16H17ClN2O3. The normalized spacial score (nSPS) is 18.1. The minimum Gasteiger partial charge on any atom is -0.458 e. The standard InChI is InChI=1S/C16H17ClN2O3/c1-3-4-9-22-15(20)13-10(2)18-16(21)19-14(13)11-5-7-12(17)8-6-11/h3-8,14H,9H2,1-2H3,(H2,18,19,21)/b4-3+. The van der Waals surface area contributed by atoms with E-state index in [1.807, 2.05) is 6.92 Å². The first-order valence-electron chi connectivity index (χ1n) is 6.85. The third-order valence-corrected chi connectivity index (χ3v) is 3.49. The van der Waals surface area contributed by atoms with Crippen LogP contribution >= 0.6 is 11.6 Å². The maximum absolute atomic E-state index is 12.3. The molecule has 6 heteroatoms. The number of esters is 1. The van der Waals surface area contributed by atoms with Crippen molar-refractivity contribution in [2.45, 2.75) is 19.9 Å². The number of allylic oxidation sites excluding steroid dienone is 2. The zero-order valence-electron chi connectivity index (χ0n) is 12.4. The molecule has 0 saturated carbocycles. The number of urea groups is 1. The summed E-state index contributed by atoms with van der Waals surface area (Å²) in [4.78, 5) is 24.0. The van der Waals surface area contributed by atoms with Crippen molar-refractivity contribution in [3.8, 4) is 0 Å². The molecule has 1 aromatic carbocycles. The van der Waals surface area contributed by atoms with Crippen LogP contribution in [-0.4, -0.2) is 18.6 Å². The minimum absolute atomic E-state index is 0.188. The van der Waals surface area contributed by atoms with Gasteiger partial charge in [0, 0.05) is 10.7 Å². The Morgan fingerprint density at radius 3 is 2.68 bits per heavy atom. The number of hydrogen-bond acceptors (Lipinski definition) is 3. The smallest absolute Gasteiger partial charge is 0.338 e. The molecule has 0 fully saturated rings. The van der Waals surface area contributed by atoms with Crippen LogP contribution in [0.1, 0.15) is 25.5 Å². The molecule has 1 aliphatic rings. The van der Waals surface area contributed by atoms with Gasteiger partial charge in [-0.25, -0.2) is 9.59 Å². The van der Waals surface area contributed by atoms with Gasteiger partial charge in [0.15, 0.2) is 0 Å². The highest BCUT2D eigenvalue weighted by Gasteiger charge is 2.31. The van der Waals surface area contributed by atoms with E-state index in [1.54, 1.807) is 43.3 Å². The Hall–Kier alpha value is -2.27. The van der Waals surface area contributed by atoms with Crippen molar-refractivity contribution < 1.29 is 14.3 Å². The van der Waals surface area contributed by atoms with E-state index in [0.717, 1.165) is 5.56 Å². The number of ether oxygens (including phenoxy) is 1. The molecule has 0 aliphatic carbocycles. The summed E-state index contributed by atoms with van der Waals surface area (Å²) in [5.41, 5.74) is 1.62. The molecule has 1 unspecified atom stereocenters. The second-order valence-electron chi connectivity index (χ2n) is 4.79. The Morgan fingerprint density at radius 1 is 1.36 bits per heavy atom. The molecule has 1 atom stereocenters. The first kappa shape index (κ1) is 16.1. The van der Waals surface area contributed by atoms with E-state index in [1.165, 1.54) is 0 Å². The van der Waals surface area contributed by atoms with Crippen LogP contribution in [0.5, 0.6) is 0 Å². The SMILES string of the molecule is C/C=C/COC(=O)C1=C(C)NC(=O)NC1c1ccc(Cl)cc1. The molecule has 0 bridgehead atoms. The third-order valence-electron chi connectivity index (χ3n) is 3.24. The zero-order chi connectivity index (χ0) is 16.1. The van der Waals surface area contributed by atoms with Crippen molar-refractivity contribution in [2.75, 3.05) is 6.61 Å². The average molecular weight is 321 g/mol. The molecule has 2 N–H and O–H groups in total. The number of halogens is 1. The number of carbonyl (C=O) groups excluding carboxylic acids is 2. The van der Waals surface area contributed by atoms with Gasteiger partial charge in [-0.3, -0.25) is 0 Å². The molecule has 5 nitrogen and oxygen atoms in total. The molecule has 2 amide bonds. The molecule has 2 rings (SSSR count). The van der Waals surface area contributed by atoms with Crippen LogP contribution in [0.2, 0.25) is 5.02 Å². The maximum Gasteiger partial charge on any atom is 0.338 e. The zero-order valence-corrected chi connectivity index (χ0v) is 13.1. The van der Waals surface area contributed by atoms with Gasteiger partial charge in [0.25, 0.3) is 0 Å². The van der Waals surface area contributed by atoms with Crippen molar-refractivity contribution in [1.82, 2.24) is 10.6 Å². The fourth-order valence-electron chi connectivity index (χ4n) is 2.17. The van der Waals surface area contributed by atoms with E-state index >= 15 is 0 Å². The lowest BCUT2D eigenvalue weighted by Gasteiger charge is -2.28. The van der Waals surface area contributed by atoms with Crippen molar-refractivity contribution in [3.63, 3.8) is 0 Å². The van der Waals surface area contributed by atoms with E-state index < -0.39 is 12.0 Å². The summed E-state index contributed by atoms with van der Waals surface area (Å²) in [6.45, 7) is 3.71. The van der Waals surface area contributed by atoms with Gasteiger partial charge in [0.1, 0.15) is 6.61 Å². The molecule has 1 heterocycles. The summed E-state index contributed by atoms with van der Waals surface area (Å²) in [7, 11) is 0. The predicted octanol–water partition coefficient (Wildman–Crippen LogP) is 3.09. The highest BCUT2D eigenvalue weighted by molar-refractivity contribution is 6.30. The molecule has 0 spiro atoms. The fraction of sp³-hybridized carbons (Fsp3) is 0.250. The van der Waals surface area contributed by atoms with Crippen molar-refractivity contribution in [1.29, 1.82) is 0 Å². The topological polar surface area (TPSA) is 67.4 Å². The summed E-state index contributed by atoms with van der Waals surface area (Å²) in [5, 5.41) is 5.92. The lowest BCUT2D eigenvalue weighted by molar-refractivity contribution is -0.138. The molecule has 0 radical (unpaired) electrons. The fourth-order valence-corrected chi connectivity index (χ4v) is 2.29. The number of carbonyl (C=O) groups is 2. The molecule has 0 saturated heterocycles. The van der Waals surface area contributed by atoms with Crippen molar-refractivity contribution in [2.24, 2.45) is 0 Å². The molecular weight excluding hydrogens is 304 g/mol. The van der Waals surface area contributed by atoms with Gasteiger partial charge in [0.05, 0.1) is 11.6 Å². The van der Waals surface area contributed by atoms with Crippen molar-refractivity contribution in [3.05, 3.63) is 58.3 Å². The number of hydrogen-bond donors (Lipinski definition) is 2. The largest absolute Gasteiger partial charge is 0.458 e. The van der Waals surface area contributed by atoms with Crippen LogP contribution in [0, 0.1) is 0 Å². The van der Waals surface area contributed by atoms with Crippen LogP contribution in [0.25, 0.3) is 0 Å². The van der Waals surface area contributed by atoms with Crippen LogP contribution in [-0.2, 0) is 9.53 Å². The van der Waals surface area contributed by atoms with E-state index in [2.05, 4.69) is 10.6 Å². The second kappa shape index (κ2) is 7.13. The number of benzene rings is 1. The summed E-state index contributed by atoms with van der Waals surface area (Å²) in [5.74, 6) is -0.469. The van der Waals surface area contributed by atoms with Gasteiger partial charge in [-0.2, -0.15) is 0 Å². The highest BCUT2D eigenvalue weighted by Crippen LogP contribution is 2.28. The molecule has 22 heavy (non-hydrogen) atoms. The molecule has 0 aromatic heterocycles. The minimum atomic E-state index is -0.566. The third kappa shape index (κ3) is 3.68. The van der Waals surface area contributed by atoms with E-state index in [-0.39, 0.29) is 12.6 Å². The van der Waals surface area contributed by atoms with Crippen LogP contribution in [0.3, 0.4) is 0 Å². The van der Waals surface area contributed by atoms with Gasteiger partial charge in [-0.05, 0) is 31.5 Å². The molecule has 116 valence electrons. The van der Waals surface area contributed by atoms with Gasteiger partial charge in [-0.15, -0.1) is 0 Å². The Bertz CT molecular complexity index is 635. The monoisotopic (exact) mass is 320 g/mol. The summed E-state index contributed by atoms with van der Waals surface area (Å²) < 4.78 is 5.20. The lowest BCUT2D eigenvalue weighted by Crippen LogP contribution is -2.45. The van der Waals surface area contributed by atoms with Crippen LogP contribution in [0.4, 0.5) is 4.79 Å². The summed E-state index contributed by atoms with van der Waals surface area (Å²) in [6, 6.07) is 6.04. The average Bonchev–Trinajstić information content (AvgIpc) is 2.47. The Balaban J connectivity index is 2.32. The van der Waals surface area contributed by atoms with E-state index in [4.69, 9.17) is 16.3 Å². The molecule has 1 aliphatic heterocycles. The summed E-state index contributed by atoms with van der Waals surface area (Å²) in [6.07, 6.45) is 3.53. The highest BCUT2D eigenvalue weighted by atomic mass is 35.5. The number of rotatable bonds is 4. The summed E-state index contributed by atoms with van der Waals surface area (Å²) >= 11 is 5.88. The predicted molar refractivity (Wildman–Crippen MR) is 84.3 cm³/mol. The lowest BCUT2D eigenvalue weighted by atomic mass is 9.96. The van der Waals surface area contributed by atoms with E-state index in [0.29, 0.717) is 16.3 Å². The van der Waals surface area contributed by atoms with Gasteiger partial charge < -0.3 is 15.4 Å². The first-order chi connectivity index (χ1) is 10.5. The van der Waals surface area contributed by atoms with Gasteiger partial charge in [-0.1, -0.05) is 35.9 Å². The van der Waals surface area contributed by atoms with Gasteiger partial charge in [0.2, 0.25) is 0 Å². The Morgan fingerprint density at radius 2 is 2.05 bits per heavy atom. The van der Waals surface area contributed by atoms with Gasteiger partial charge >= 0.3 is 12.0 Å². The number of amides is 2. The maximum atomic E-state index is 12.3.